The molecule has 0 N–H and O–H groups in total. The van der Waals surface area contributed by atoms with E-state index in [9.17, 15) is 0 Å². The number of nitrogens with zero attached hydrogens (tertiary/aromatic N) is 5. The summed E-state index contributed by atoms with van der Waals surface area (Å²) in [6.45, 7) is 0. The van der Waals surface area contributed by atoms with Crippen molar-refractivity contribution < 1.29 is 0 Å². The van der Waals surface area contributed by atoms with E-state index in [1.807, 2.05) is 47.7 Å². The summed E-state index contributed by atoms with van der Waals surface area (Å²) in [5.74, 6) is 1.86. The summed E-state index contributed by atoms with van der Waals surface area (Å²) in [7, 11) is 0. The normalized spacial score (nSPS) is 11.9. The lowest BCUT2D eigenvalue weighted by molar-refractivity contribution is 0.953. The van der Waals surface area contributed by atoms with Crippen LogP contribution in [0.2, 0.25) is 0 Å². The van der Waals surface area contributed by atoms with E-state index in [-0.39, 0.29) is 0 Å². The smallest absolute Gasteiger partial charge is 0.238 e. The van der Waals surface area contributed by atoms with Crippen molar-refractivity contribution in [3.63, 3.8) is 0 Å². The molecule has 8 aromatic carbocycles. The van der Waals surface area contributed by atoms with E-state index < -0.39 is 0 Å². The minimum absolute atomic E-state index is 0.587. The van der Waals surface area contributed by atoms with Gasteiger partial charge in [0.25, 0.3) is 0 Å². The van der Waals surface area contributed by atoms with E-state index in [0.29, 0.717) is 17.6 Å². The topological polar surface area (TPSA) is 48.5 Å². The molecule has 0 spiro atoms. The average Bonchev–Trinajstić information content (AvgIpc) is 3.94. The first kappa shape index (κ1) is 31.9. The molecule has 266 valence electrons. The molecule has 4 aromatic heterocycles. The Kier molecular flexibility index (Phi) is 7.03. The highest BCUT2D eigenvalue weighted by molar-refractivity contribution is 7.26. The molecule has 0 radical (unpaired) electrons. The monoisotopic (exact) mass is 745 g/mol. The lowest BCUT2D eigenvalue weighted by Crippen LogP contribution is -2.06. The highest BCUT2D eigenvalue weighted by Crippen LogP contribution is 2.48. The number of rotatable bonds is 5. The third-order valence-electron chi connectivity index (χ3n) is 11.2. The van der Waals surface area contributed by atoms with Crippen LogP contribution < -0.4 is 0 Å². The van der Waals surface area contributed by atoms with Crippen LogP contribution in [-0.4, -0.2) is 24.1 Å². The first-order valence-electron chi connectivity index (χ1n) is 19.1. The van der Waals surface area contributed by atoms with E-state index in [1.165, 1.54) is 53.1 Å². The van der Waals surface area contributed by atoms with Crippen LogP contribution in [0.3, 0.4) is 0 Å². The average molecular weight is 746 g/mol. The molecule has 0 unspecified atom stereocenters. The van der Waals surface area contributed by atoms with Crippen molar-refractivity contribution in [2.75, 3.05) is 0 Å². The van der Waals surface area contributed by atoms with Crippen molar-refractivity contribution in [1.82, 2.24) is 24.1 Å². The van der Waals surface area contributed by atoms with Crippen molar-refractivity contribution in [3.05, 3.63) is 188 Å². The highest BCUT2D eigenvalue weighted by Gasteiger charge is 2.23. The number of hydrogen-bond acceptors (Lipinski definition) is 4. The Morgan fingerprint density at radius 2 is 0.930 bits per heavy atom. The lowest BCUT2D eigenvalue weighted by atomic mass is 9.97. The Hall–Kier alpha value is -7.41. The van der Waals surface area contributed by atoms with Crippen LogP contribution in [-0.2, 0) is 0 Å². The van der Waals surface area contributed by atoms with Crippen LogP contribution in [0.5, 0.6) is 0 Å². The molecule has 0 aliphatic rings. The molecule has 0 amide bonds. The van der Waals surface area contributed by atoms with Gasteiger partial charge < -0.3 is 4.57 Å². The third-order valence-corrected chi connectivity index (χ3v) is 12.4. The van der Waals surface area contributed by atoms with Crippen LogP contribution in [0.25, 0.3) is 109 Å². The standard InChI is InChI=1S/C51H31N5S/c1-4-16-32(17-5-1)49-52-50(33-18-6-2-7-19-33)54-51(53-49)56-43-26-14-10-22-36(43)40-30-34(28-29-44(40)56)39-31-41-37-23-11-13-25-42(37)55(35-20-8-3-9-21-35)47(41)46-38-24-12-15-27-45(38)57-48(39)46/h1-31H. The van der Waals surface area contributed by atoms with E-state index in [0.717, 1.165) is 38.6 Å². The molecular weight excluding hydrogens is 715 g/mol. The summed E-state index contributed by atoms with van der Waals surface area (Å²) in [6, 6.07) is 66.6. The molecule has 6 heteroatoms. The largest absolute Gasteiger partial charge is 0.309 e. The molecule has 0 aliphatic heterocycles. The number of aromatic nitrogens is 5. The van der Waals surface area contributed by atoms with Gasteiger partial charge in [-0.15, -0.1) is 11.3 Å². The molecule has 12 aromatic rings. The van der Waals surface area contributed by atoms with Crippen molar-refractivity contribution in [2.24, 2.45) is 0 Å². The molecule has 4 heterocycles. The van der Waals surface area contributed by atoms with Crippen molar-refractivity contribution >= 4 is 75.1 Å². The quantitative estimate of drug-likeness (QED) is 0.176. The molecule has 0 saturated heterocycles. The zero-order chi connectivity index (χ0) is 37.5. The Labute approximate surface area is 331 Å². The minimum Gasteiger partial charge on any atom is -0.309 e. The number of para-hydroxylation sites is 3. The van der Waals surface area contributed by atoms with Gasteiger partial charge in [-0.25, -0.2) is 4.98 Å². The summed E-state index contributed by atoms with van der Waals surface area (Å²) >= 11 is 1.88. The lowest BCUT2D eigenvalue weighted by Gasteiger charge is -2.12. The third kappa shape index (κ3) is 4.91. The molecule has 0 aliphatic carbocycles. The van der Waals surface area contributed by atoms with Gasteiger partial charge in [0.05, 0.1) is 22.1 Å². The fourth-order valence-corrected chi connectivity index (χ4v) is 9.89. The summed E-state index contributed by atoms with van der Waals surface area (Å²) in [5.41, 5.74) is 9.97. The van der Waals surface area contributed by atoms with Crippen LogP contribution in [0, 0.1) is 0 Å². The van der Waals surface area contributed by atoms with Gasteiger partial charge >= 0.3 is 0 Å². The van der Waals surface area contributed by atoms with E-state index >= 15 is 0 Å². The van der Waals surface area contributed by atoms with Gasteiger partial charge in [-0.3, -0.25) is 4.57 Å². The first-order chi connectivity index (χ1) is 28.3. The number of thiophene rings is 1. The van der Waals surface area contributed by atoms with Crippen molar-refractivity contribution in [3.8, 4) is 45.5 Å². The summed E-state index contributed by atoms with van der Waals surface area (Å²) in [6.07, 6.45) is 0. The second kappa shape index (κ2) is 12.6. The van der Waals surface area contributed by atoms with Crippen LogP contribution in [0.15, 0.2) is 188 Å². The van der Waals surface area contributed by atoms with E-state index in [4.69, 9.17) is 15.0 Å². The van der Waals surface area contributed by atoms with Crippen LogP contribution in [0.1, 0.15) is 0 Å². The first-order valence-corrected chi connectivity index (χ1v) is 19.9. The molecule has 12 rings (SSSR count). The fourth-order valence-electron chi connectivity index (χ4n) is 8.65. The summed E-state index contributed by atoms with van der Waals surface area (Å²) < 4.78 is 7.21. The van der Waals surface area contributed by atoms with Gasteiger partial charge in [0.1, 0.15) is 0 Å². The van der Waals surface area contributed by atoms with Crippen molar-refractivity contribution in [1.29, 1.82) is 0 Å². The van der Waals surface area contributed by atoms with Crippen LogP contribution in [0.4, 0.5) is 0 Å². The molecule has 0 saturated carbocycles. The van der Waals surface area contributed by atoms with Gasteiger partial charge in [0, 0.05) is 64.1 Å². The van der Waals surface area contributed by atoms with Gasteiger partial charge in [0.2, 0.25) is 5.95 Å². The zero-order valence-corrected chi connectivity index (χ0v) is 31.4. The van der Waals surface area contributed by atoms with E-state index in [2.05, 4.69) is 161 Å². The van der Waals surface area contributed by atoms with E-state index in [1.54, 1.807) is 0 Å². The summed E-state index contributed by atoms with van der Waals surface area (Å²) in [4.78, 5) is 15.3. The minimum atomic E-state index is 0.587. The Morgan fingerprint density at radius 1 is 0.386 bits per heavy atom. The van der Waals surface area contributed by atoms with Gasteiger partial charge in [-0.2, -0.15) is 9.97 Å². The SMILES string of the molecule is c1ccc(-c2nc(-c3ccccc3)nc(-n3c4ccccc4c4cc(-c5cc6c7ccccc7n(-c7ccccc7)c6c6c5sc5ccccc56)ccc43)n2)cc1. The van der Waals surface area contributed by atoms with Gasteiger partial charge in [0.15, 0.2) is 11.6 Å². The summed E-state index contributed by atoms with van der Waals surface area (Å²) in [5, 5.41) is 7.35. The zero-order valence-electron chi connectivity index (χ0n) is 30.5. The number of hydrogen-bond donors (Lipinski definition) is 0. The Morgan fingerprint density at radius 3 is 1.61 bits per heavy atom. The van der Waals surface area contributed by atoms with Gasteiger partial charge in [-0.05, 0) is 54.1 Å². The predicted molar refractivity (Wildman–Crippen MR) is 238 cm³/mol. The predicted octanol–water partition coefficient (Wildman–Crippen LogP) is 13.4. The second-order valence-corrected chi connectivity index (χ2v) is 15.5. The number of fused-ring (bicyclic) bond motifs is 10. The van der Waals surface area contributed by atoms with Gasteiger partial charge in [-0.1, -0.05) is 140 Å². The fraction of sp³-hybridized carbons (Fsp3) is 0. The van der Waals surface area contributed by atoms with Crippen LogP contribution >= 0.6 is 11.3 Å². The molecular formula is C51H31N5S. The molecule has 0 fully saturated rings. The Balaban J connectivity index is 1.14. The molecule has 57 heavy (non-hydrogen) atoms. The highest BCUT2D eigenvalue weighted by atomic mass is 32.1. The Bertz CT molecular complexity index is 3450. The molecule has 5 nitrogen and oxygen atoms in total. The second-order valence-electron chi connectivity index (χ2n) is 14.4. The molecule has 0 bridgehead atoms. The molecule has 0 atom stereocenters. The maximum Gasteiger partial charge on any atom is 0.238 e. The number of benzene rings is 8. The maximum absolute atomic E-state index is 5.15. The van der Waals surface area contributed by atoms with Crippen molar-refractivity contribution in [2.45, 2.75) is 0 Å². The maximum atomic E-state index is 5.15.